The first-order valence-electron chi connectivity index (χ1n) is 6.16. The van der Waals surface area contributed by atoms with Crippen LogP contribution in [0.3, 0.4) is 0 Å². The fraction of sp³-hybridized carbons (Fsp3) is 0.231. The van der Waals surface area contributed by atoms with Gasteiger partial charge in [0.25, 0.3) is 11.1 Å². The monoisotopic (exact) mass is 305 g/mol. The molecule has 0 aliphatic heterocycles. The molecule has 8 heteroatoms. The SMILES string of the molecule is Cc1nccc(C(=O)NCCc2nccc(C(=O)Cl)n2)n1. The third-order valence-electron chi connectivity index (χ3n) is 2.55. The van der Waals surface area contributed by atoms with E-state index in [9.17, 15) is 9.59 Å². The second-order valence-corrected chi connectivity index (χ2v) is 4.47. The number of carbonyl (C=O) groups is 2. The Morgan fingerprint density at radius 2 is 1.86 bits per heavy atom. The highest BCUT2D eigenvalue weighted by molar-refractivity contribution is 6.67. The highest BCUT2D eigenvalue weighted by Gasteiger charge is 2.08. The van der Waals surface area contributed by atoms with Crippen molar-refractivity contribution in [3.63, 3.8) is 0 Å². The second-order valence-electron chi connectivity index (χ2n) is 4.13. The lowest BCUT2D eigenvalue weighted by Gasteiger charge is -2.04. The van der Waals surface area contributed by atoms with Gasteiger partial charge in [0, 0.05) is 25.4 Å². The highest BCUT2D eigenvalue weighted by atomic mass is 35.5. The molecule has 0 fully saturated rings. The fourth-order valence-corrected chi connectivity index (χ4v) is 1.70. The quantitative estimate of drug-likeness (QED) is 0.825. The molecule has 2 aromatic rings. The van der Waals surface area contributed by atoms with Crippen molar-refractivity contribution in [1.29, 1.82) is 0 Å². The van der Waals surface area contributed by atoms with Crippen LogP contribution in [0, 0.1) is 6.92 Å². The Hall–Kier alpha value is -2.41. The molecule has 0 aromatic carbocycles. The number of aromatic nitrogens is 4. The molecule has 2 rings (SSSR count). The van der Waals surface area contributed by atoms with Crippen LogP contribution in [-0.2, 0) is 6.42 Å². The number of nitrogens with zero attached hydrogens (tertiary/aromatic N) is 4. The average molecular weight is 306 g/mol. The third-order valence-corrected chi connectivity index (χ3v) is 2.74. The number of hydrogen-bond acceptors (Lipinski definition) is 6. The minimum absolute atomic E-state index is 0.138. The Morgan fingerprint density at radius 1 is 1.14 bits per heavy atom. The van der Waals surface area contributed by atoms with Crippen molar-refractivity contribution in [3.05, 3.63) is 47.6 Å². The predicted octanol–water partition coefficient (Wildman–Crippen LogP) is 0.927. The number of carbonyl (C=O) groups excluding carboxylic acids is 2. The third kappa shape index (κ3) is 4.28. The predicted molar refractivity (Wildman–Crippen MR) is 75.0 cm³/mol. The van der Waals surface area contributed by atoms with E-state index in [1.165, 1.54) is 24.5 Å². The second kappa shape index (κ2) is 6.85. The minimum Gasteiger partial charge on any atom is -0.350 e. The molecule has 0 spiro atoms. The number of halogens is 1. The van der Waals surface area contributed by atoms with E-state index >= 15 is 0 Å². The van der Waals surface area contributed by atoms with Crippen molar-refractivity contribution >= 4 is 22.8 Å². The van der Waals surface area contributed by atoms with Crippen LogP contribution in [0.4, 0.5) is 0 Å². The van der Waals surface area contributed by atoms with Crippen molar-refractivity contribution in [2.45, 2.75) is 13.3 Å². The van der Waals surface area contributed by atoms with Crippen molar-refractivity contribution in [2.24, 2.45) is 0 Å². The number of aryl methyl sites for hydroxylation is 1. The molecule has 7 nitrogen and oxygen atoms in total. The van der Waals surface area contributed by atoms with Gasteiger partial charge < -0.3 is 5.32 Å². The largest absolute Gasteiger partial charge is 0.350 e. The van der Waals surface area contributed by atoms with E-state index in [2.05, 4.69) is 25.3 Å². The van der Waals surface area contributed by atoms with Gasteiger partial charge in [-0.05, 0) is 30.7 Å². The zero-order chi connectivity index (χ0) is 15.2. The Bertz CT molecular complexity index is 677. The molecule has 2 aromatic heterocycles. The van der Waals surface area contributed by atoms with Gasteiger partial charge in [0.05, 0.1) is 0 Å². The van der Waals surface area contributed by atoms with Crippen LogP contribution in [0.25, 0.3) is 0 Å². The summed E-state index contributed by atoms with van der Waals surface area (Å²) in [7, 11) is 0. The van der Waals surface area contributed by atoms with E-state index in [-0.39, 0.29) is 11.6 Å². The molecule has 0 saturated carbocycles. The summed E-state index contributed by atoms with van der Waals surface area (Å²) in [6, 6.07) is 2.96. The average Bonchev–Trinajstić information content (AvgIpc) is 2.47. The van der Waals surface area contributed by atoms with Crippen LogP contribution in [0.2, 0.25) is 0 Å². The van der Waals surface area contributed by atoms with Gasteiger partial charge in [-0.3, -0.25) is 9.59 Å². The van der Waals surface area contributed by atoms with Gasteiger partial charge in [-0.2, -0.15) is 0 Å². The van der Waals surface area contributed by atoms with E-state index in [4.69, 9.17) is 11.6 Å². The Labute approximate surface area is 125 Å². The number of amides is 1. The first-order valence-corrected chi connectivity index (χ1v) is 6.53. The molecule has 0 unspecified atom stereocenters. The lowest BCUT2D eigenvalue weighted by atomic mass is 10.3. The van der Waals surface area contributed by atoms with Crippen LogP contribution in [-0.4, -0.2) is 37.6 Å². The zero-order valence-corrected chi connectivity index (χ0v) is 12.0. The molecule has 0 aliphatic carbocycles. The summed E-state index contributed by atoms with van der Waals surface area (Å²) in [6.45, 7) is 2.03. The van der Waals surface area contributed by atoms with E-state index in [1.54, 1.807) is 6.92 Å². The van der Waals surface area contributed by atoms with Gasteiger partial charge in [-0.15, -0.1) is 0 Å². The van der Waals surface area contributed by atoms with Crippen molar-refractivity contribution in [3.8, 4) is 0 Å². The maximum Gasteiger partial charge on any atom is 0.270 e. The summed E-state index contributed by atoms with van der Waals surface area (Å²) in [4.78, 5) is 38.8. The molecule has 0 atom stereocenters. The molecule has 2 heterocycles. The lowest BCUT2D eigenvalue weighted by molar-refractivity contribution is 0.0948. The van der Waals surface area contributed by atoms with Crippen molar-refractivity contribution in [2.75, 3.05) is 6.54 Å². The molecular formula is C13H12ClN5O2. The van der Waals surface area contributed by atoms with Crippen molar-refractivity contribution < 1.29 is 9.59 Å². The molecule has 0 saturated heterocycles. The summed E-state index contributed by atoms with van der Waals surface area (Å²) in [5, 5.41) is 2.06. The maximum atomic E-state index is 11.8. The van der Waals surface area contributed by atoms with E-state index in [0.717, 1.165) is 0 Å². The van der Waals surface area contributed by atoms with Crippen LogP contribution in [0.15, 0.2) is 24.5 Å². The summed E-state index contributed by atoms with van der Waals surface area (Å²) in [5.41, 5.74) is 0.438. The van der Waals surface area contributed by atoms with Crippen LogP contribution < -0.4 is 5.32 Å². The van der Waals surface area contributed by atoms with Gasteiger partial charge in [0.1, 0.15) is 23.0 Å². The maximum absolute atomic E-state index is 11.8. The molecule has 0 bridgehead atoms. The molecule has 108 valence electrons. The summed E-state index contributed by atoms with van der Waals surface area (Å²) in [5.74, 6) is 0.657. The van der Waals surface area contributed by atoms with Gasteiger partial charge in [-0.1, -0.05) is 0 Å². The minimum atomic E-state index is -0.640. The van der Waals surface area contributed by atoms with E-state index in [0.29, 0.717) is 30.3 Å². The highest BCUT2D eigenvalue weighted by Crippen LogP contribution is 2.00. The number of rotatable bonds is 5. The van der Waals surface area contributed by atoms with Gasteiger partial charge in [-0.25, -0.2) is 19.9 Å². The first kappa shape index (κ1) is 15.0. The van der Waals surface area contributed by atoms with Crippen LogP contribution in [0.5, 0.6) is 0 Å². The zero-order valence-electron chi connectivity index (χ0n) is 11.2. The number of hydrogen-bond donors (Lipinski definition) is 1. The Kier molecular flexibility index (Phi) is 4.89. The standard InChI is InChI=1S/C13H12ClN5O2/c1-8-15-5-3-10(18-8)13(21)17-7-4-11-16-6-2-9(19-11)12(14)20/h2-3,5-6H,4,7H2,1H3,(H,17,21). The number of nitrogens with one attached hydrogen (secondary N) is 1. The van der Waals surface area contributed by atoms with E-state index in [1.807, 2.05) is 0 Å². The van der Waals surface area contributed by atoms with E-state index < -0.39 is 5.24 Å². The van der Waals surface area contributed by atoms with Crippen molar-refractivity contribution in [1.82, 2.24) is 25.3 Å². The normalized spacial score (nSPS) is 10.2. The summed E-state index contributed by atoms with van der Waals surface area (Å²) < 4.78 is 0. The van der Waals surface area contributed by atoms with Gasteiger partial charge >= 0.3 is 0 Å². The van der Waals surface area contributed by atoms with Crippen LogP contribution in [0.1, 0.15) is 32.6 Å². The molecule has 0 aliphatic rings. The lowest BCUT2D eigenvalue weighted by Crippen LogP contribution is -2.27. The summed E-state index contributed by atoms with van der Waals surface area (Å²) in [6.07, 6.45) is 3.36. The molecule has 1 amide bonds. The smallest absolute Gasteiger partial charge is 0.270 e. The Morgan fingerprint density at radius 3 is 2.57 bits per heavy atom. The molecule has 21 heavy (non-hydrogen) atoms. The summed E-state index contributed by atoms with van der Waals surface area (Å²) >= 11 is 5.34. The van der Waals surface area contributed by atoms with Crippen LogP contribution >= 0.6 is 11.6 Å². The fourth-order valence-electron chi connectivity index (χ4n) is 1.59. The Balaban J connectivity index is 1.91. The molecule has 0 radical (unpaired) electrons. The molecular weight excluding hydrogens is 294 g/mol. The van der Waals surface area contributed by atoms with Gasteiger partial charge in [0.15, 0.2) is 0 Å². The molecule has 1 N–H and O–H groups in total. The topological polar surface area (TPSA) is 97.7 Å². The van der Waals surface area contributed by atoms with Gasteiger partial charge in [0.2, 0.25) is 0 Å². The first-order chi connectivity index (χ1) is 10.1.